The average Bonchev–Trinajstić information content (AvgIpc) is 2.47. The Labute approximate surface area is 128 Å². The second-order valence-corrected chi connectivity index (χ2v) is 5.03. The van der Waals surface area contributed by atoms with Gasteiger partial charge >= 0.3 is 8.25 Å². The lowest BCUT2D eigenvalue weighted by Crippen LogP contribution is -1.95. The van der Waals surface area contributed by atoms with Crippen LogP contribution in [0.25, 0.3) is 0 Å². The van der Waals surface area contributed by atoms with E-state index in [0.717, 1.165) is 0 Å². The standard InChI is InChI=1S/C14H16N2O5P/c1-18-13-5-3-9(7-11(13)15)20-22(17)21-10-4-6-14(19-2)12(16)8-10/h3-8H,15-16H2,1-2H3/q+1. The molecule has 0 unspecified atom stereocenters. The maximum absolute atomic E-state index is 11.9. The minimum absolute atomic E-state index is 0.306. The Morgan fingerprint density at radius 2 is 1.23 bits per heavy atom. The van der Waals surface area contributed by atoms with Gasteiger partial charge in [-0.1, -0.05) is 0 Å². The number of hydrogen-bond acceptors (Lipinski definition) is 7. The van der Waals surface area contributed by atoms with Gasteiger partial charge in [0.15, 0.2) is 11.5 Å². The molecule has 0 aromatic heterocycles. The number of anilines is 2. The third-order valence-corrected chi connectivity index (χ3v) is 3.48. The molecule has 0 heterocycles. The van der Waals surface area contributed by atoms with Gasteiger partial charge in [0, 0.05) is 16.7 Å². The Bertz CT molecular complexity index is 635. The molecule has 0 radical (unpaired) electrons. The van der Waals surface area contributed by atoms with E-state index in [1.54, 1.807) is 24.3 Å². The maximum atomic E-state index is 11.9. The summed E-state index contributed by atoms with van der Waals surface area (Å²) in [7, 11) is 0.579. The topological polar surface area (TPSA) is 106 Å². The third kappa shape index (κ3) is 3.71. The predicted octanol–water partition coefficient (Wildman–Crippen LogP) is 2.98. The normalized spacial score (nSPS) is 9.91. The molecule has 0 amide bonds. The molecule has 2 aromatic rings. The summed E-state index contributed by atoms with van der Waals surface area (Å²) >= 11 is 0. The number of hydrogen-bond donors (Lipinski definition) is 2. The van der Waals surface area contributed by atoms with E-state index in [0.29, 0.717) is 34.4 Å². The van der Waals surface area contributed by atoms with Crippen molar-refractivity contribution < 1.29 is 23.1 Å². The molecule has 2 rings (SSSR count). The highest BCUT2D eigenvalue weighted by molar-refractivity contribution is 7.34. The van der Waals surface area contributed by atoms with Crippen LogP contribution in [0.2, 0.25) is 0 Å². The number of benzene rings is 2. The molecule has 8 heteroatoms. The van der Waals surface area contributed by atoms with Crippen molar-refractivity contribution in [1.82, 2.24) is 0 Å². The van der Waals surface area contributed by atoms with E-state index >= 15 is 0 Å². The Hall–Kier alpha value is -2.66. The molecule has 0 aliphatic heterocycles. The van der Waals surface area contributed by atoms with E-state index < -0.39 is 8.25 Å². The van der Waals surface area contributed by atoms with Gasteiger partial charge in [0.1, 0.15) is 11.5 Å². The van der Waals surface area contributed by atoms with Crippen LogP contribution in [-0.4, -0.2) is 14.2 Å². The van der Waals surface area contributed by atoms with Crippen molar-refractivity contribution in [2.24, 2.45) is 0 Å². The highest BCUT2D eigenvalue weighted by Crippen LogP contribution is 2.35. The SMILES string of the molecule is COc1ccc(O[P+](=O)Oc2ccc(OC)c(N)c2)cc1N. The van der Waals surface area contributed by atoms with E-state index in [1.165, 1.54) is 26.4 Å². The first kappa shape index (κ1) is 15.7. The molecule has 0 aliphatic carbocycles. The summed E-state index contributed by atoms with van der Waals surface area (Å²) in [4.78, 5) is 0. The molecule has 116 valence electrons. The van der Waals surface area contributed by atoms with Crippen LogP contribution in [0.5, 0.6) is 23.0 Å². The minimum atomic E-state index is -2.43. The van der Waals surface area contributed by atoms with Crippen molar-refractivity contribution in [3.63, 3.8) is 0 Å². The fourth-order valence-corrected chi connectivity index (χ4v) is 2.34. The fraction of sp³-hybridized carbons (Fsp3) is 0.143. The molecule has 4 N–H and O–H groups in total. The van der Waals surface area contributed by atoms with Crippen molar-refractivity contribution in [1.29, 1.82) is 0 Å². The number of ether oxygens (including phenoxy) is 2. The zero-order valence-electron chi connectivity index (χ0n) is 12.1. The third-order valence-electron chi connectivity index (χ3n) is 2.76. The summed E-state index contributed by atoms with van der Waals surface area (Å²) in [6.07, 6.45) is 0. The van der Waals surface area contributed by atoms with Crippen molar-refractivity contribution in [2.45, 2.75) is 0 Å². The second-order valence-electron chi connectivity index (χ2n) is 4.21. The smallest absolute Gasteiger partial charge is 0.495 e. The lowest BCUT2D eigenvalue weighted by Gasteiger charge is -2.04. The molecular weight excluding hydrogens is 307 g/mol. The van der Waals surface area contributed by atoms with Crippen LogP contribution in [0.1, 0.15) is 0 Å². The summed E-state index contributed by atoms with van der Waals surface area (Å²) < 4.78 is 32.3. The Balaban J connectivity index is 2.04. The molecule has 0 atom stereocenters. The molecule has 0 fully saturated rings. The van der Waals surface area contributed by atoms with E-state index in [1.807, 2.05) is 0 Å². The highest BCUT2D eigenvalue weighted by atomic mass is 31.1. The highest BCUT2D eigenvalue weighted by Gasteiger charge is 2.25. The largest absolute Gasteiger partial charge is 0.805 e. The van der Waals surface area contributed by atoms with E-state index in [4.69, 9.17) is 30.0 Å². The van der Waals surface area contributed by atoms with Gasteiger partial charge in [0.2, 0.25) is 0 Å². The summed E-state index contributed by atoms with van der Waals surface area (Å²) in [5.41, 5.74) is 12.2. The monoisotopic (exact) mass is 323 g/mol. The number of rotatable bonds is 6. The van der Waals surface area contributed by atoms with Crippen LogP contribution in [0, 0.1) is 0 Å². The molecule has 0 spiro atoms. The van der Waals surface area contributed by atoms with E-state index in [-0.39, 0.29) is 0 Å². The van der Waals surface area contributed by atoms with Crippen LogP contribution >= 0.6 is 8.25 Å². The molecule has 7 nitrogen and oxygen atoms in total. The summed E-state index contributed by atoms with van der Waals surface area (Å²) in [5, 5.41) is 0. The van der Waals surface area contributed by atoms with Crippen LogP contribution in [0.3, 0.4) is 0 Å². The lowest BCUT2D eigenvalue weighted by atomic mass is 10.3. The van der Waals surface area contributed by atoms with Crippen LogP contribution in [-0.2, 0) is 4.57 Å². The van der Waals surface area contributed by atoms with E-state index in [2.05, 4.69) is 0 Å². The van der Waals surface area contributed by atoms with Gasteiger partial charge in [-0.15, -0.1) is 0 Å². The van der Waals surface area contributed by atoms with Crippen LogP contribution < -0.4 is 30.0 Å². The molecule has 0 saturated carbocycles. The molecule has 0 saturated heterocycles. The number of nitrogens with two attached hydrogens (primary N) is 2. The molecule has 22 heavy (non-hydrogen) atoms. The zero-order chi connectivity index (χ0) is 16.1. The van der Waals surface area contributed by atoms with Crippen molar-refractivity contribution in [3.05, 3.63) is 36.4 Å². The quantitative estimate of drug-likeness (QED) is 0.621. The molecular formula is C14H16N2O5P+. The lowest BCUT2D eigenvalue weighted by molar-refractivity contribution is 0.406. The van der Waals surface area contributed by atoms with Crippen molar-refractivity contribution in [2.75, 3.05) is 25.7 Å². The Morgan fingerprint density at radius 1 is 0.818 bits per heavy atom. The molecule has 0 bridgehead atoms. The maximum Gasteiger partial charge on any atom is 0.805 e. The van der Waals surface area contributed by atoms with Crippen molar-refractivity contribution in [3.8, 4) is 23.0 Å². The van der Waals surface area contributed by atoms with Gasteiger partial charge in [-0.2, -0.15) is 0 Å². The summed E-state index contributed by atoms with van der Waals surface area (Å²) in [5.74, 6) is 1.62. The average molecular weight is 323 g/mol. The van der Waals surface area contributed by atoms with Crippen LogP contribution in [0.4, 0.5) is 11.4 Å². The van der Waals surface area contributed by atoms with Gasteiger partial charge in [-0.05, 0) is 24.3 Å². The van der Waals surface area contributed by atoms with Gasteiger partial charge in [0.25, 0.3) is 0 Å². The van der Waals surface area contributed by atoms with E-state index in [9.17, 15) is 4.57 Å². The number of nitrogen functional groups attached to an aromatic ring is 2. The van der Waals surface area contributed by atoms with Crippen molar-refractivity contribution >= 4 is 19.6 Å². The van der Waals surface area contributed by atoms with Gasteiger partial charge < -0.3 is 20.9 Å². The summed E-state index contributed by atoms with van der Waals surface area (Å²) in [6.45, 7) is 0. The van der Waals surface area contributed by atoms with Gasteiger partial charge in [-0.25, -0.2) is 9.05 Å². The first-order valence-electron chi connectivity index (χ1n) is 6.23. The first-order chi connectivity index (χ1) is 10.5. The predicted molar refractivity (Wildman–Crippen MR) is 83.7 cm³/mol. The Morgan fingerprint density at radius 3 is 1.55 bits per heavy atom. The molecule has 2 aromatic carbocycles. The van der Waals surface area contributed by atoms with Crippen LogP contribution in [0.15, 0.2) is 36.4 Å². The minimum Gasteiger partial charge on any atom is -0.495 e. The first-order valence-corrected chi connectivity index (χ1v) is 7.33. The number of methoxy groups -OCH3 is 2. The van der Waals surface area contributed by atoms with Gasteiger partial charge in [0.05, 0.1) is 25.6 Å². The summed E-state index contributed by atoms with van der Waals surface area (Å²) in [6, 6.07) is 9.37. The van der Waals surface area contributed by atoms with Gasteiger partial charge in [-0.3, -0.25) is 0 Å². The fourth-order valence-electron chi connectivity index (χ4n) is 1.73. The zero-order valence-corrected chi connectivity index (χ0v) is 13.0. The Kier molecular flexibility index (Phi) is 4.91. The molecule has 0 aliphatic rings. The second kappa shape index (κ2) is 6.87.